The van der Waals surface area contributed by atoms with E-state index in [9.17, 15) is 9.59 Å². The molecule has 0 heterocycles. The van der Waals surface area contributed by atoms with Gasteiger partial charge < -0.3 is 10.4 Å². The van der Waals surface area contributed by atoms with Gasteiger partial charge in [-0.25, -0.2) is 0 Å². The van der Waals surface area contributed by atoms with E-state index in [1.54, 1.807) is 0 Å². The van der Waals surface area contributed by atoms with E-state index in [2.05, 4.69) is 5.32 Å². The maximum atomic E-state index is 10.5. The minimum absolute atomic E-state index is 0.00848. The van der Waals surface area contributed by atoms with Gasteiger partial charge in [-0.1, -0.05) is 6.90 Å². The third-order valence-corrected chi connectivity index (χ3v) is 0.664. The number of hydrogen-bond donors (Lipinski definition) is 2. The van der Waals surface area contributed by atoms with E-state index in [0.29, 0.717) is 0 Å². The molecule has 52 valence electrons. The summed E-state index contributed by atoms with van der Waals surface area (Å²) in [5.41, 5.74) is 0. The zero-order chi connectivity index (χ0) is 7.98. The Morgan fingerprint density at radius 1 is 1.78 bits per heavy atom. The normalized spacial score (nSPS) is 10.0. The average Bonchev–Trinajstić information content (AvgIpc) is 1.85. The monoisotopic (exact) mass is 132 g/mol. The smallest absolute Gasteiger partial charge is 0.322 e. The molecular weight excluding hydrogens is 122 g/mol. The Labute approximate surface area is 54.3 Å². The quantitative estimate of drug-likeness (QED) is 0.549. The largest absolute Gasteiger partial charge is 0.480 e. The van der Waals surface area contributed by atoms with Gasteiger partial charge in [0.1, 0.15) is 6.54 Å². The Hall–Kier alpha value is -1.06. The minimum atomic E-state index is -1.07. The summed E-state index contributed by atoms with van der Waals surface area (Å²) in [6, 6.07) is 0. The molecule has 0 unspecified atom stereocenters. The van der Waals surface area contributed by atoms with Gasteiger partial charge in [-0.05, 0) is 0 Å². The third-order valence-electron chi connectivity index (χ3n) is 0.664. The number of carbonyl (C=O) groups excluding carboxylic acids is 1. The molecule has 0 aromatic carbocycles. The SMILES string of the molecule is [2H]CCC(=O)NCC(=O)O. The Bertz CT molecular complexity index is 137. The van der Waals surface area contributed by atoms with Crippen molar-refractivity contribution in [3.63, 3.8) is 0 Å². The summed E-state index contributed by atoms with van der Waals surface area (Å²) < 4.78 is 6.61. The van der Waals surface area contributed by atoms with Crippen LogP contribution in [0.25, 0.3) is 0 Å². The van der Waals surface area contributed by atoms with Gasteiger partial charge in [0.25, 0.3) is 0 Å². The van der Waals surface area contributed by atoms with Gasteiger partial charge in [0.15, 0.2) is 0 Å². The molecule has 0 bridgehead atoms. The molecule has 1 amide bonds. The molecule has 0 radical (unpaired) electrons. The Kier molecular flexibility index (Phi) is 2.62. The van der Waals surface area contributed by atoms with Crippen molar-refractivity contribution in [1.29, 1.82) is 0 Å². The van der Waals surface area contributed by atoms with E-state index in [1.165, 1.54) is 0 Å². The lowest BCUT2D eigenvalue weighted by Gasteiger charge is -1.95. The molecule has 0 aromatic rings. The highest BCUT2D eigenvalue weighted by atomic mass is 16.4. The van der Waals surface area contributed by atoms with Crippen LogP contribution in [-0.2, 0) is 9.59 Å². The van der Waals surface area contributed by atoms with Crippen molar-refractivity contribution >= 4 is 11.9 Å². The van der Waals surface area contributed by atoms with E-state index in [1.807, 2.05) is 0 Å². The van der Waals surface area contributed by atoms with Crippen LogP contribution in [-0.4, -0.2) is 23.5 Å². The molecule has 0 saturated carbocycles. The molecule has 0 aliphatic heterocycles. The predicted molar refractivity (Wildman–Crippen MR) is 30.9 cm³/mol. The van der Waals surface area contributed by atoms with Crippen LogP contribution in [0.5, 0.6) is 0 Å². The third kappa shape index (κ3) is 4.80. The molecule has 0 aromatic heterocycles. The van der Waals surface area contributed by atoms with Crippen molar-refractivity contribution in [2.45, 2.75) is 13.3 Å². The summed E-state index contributed by atoms with van der Waals surface area (Å²) in [6.07, 6.45) is 0.0628. The molecular formula is C5H9NO3. The number of carboxylic acid groups (broad SMARTS) is 1. The maximum Gasteiger partial charge on any atom is 0.322 e. The molecule has 9 heavy (non-hydrogen) atoms. The van der Waals surface area contributed by atoms with Gasteiger partial charge >= 0.3 is 5.97 Å². The van der Waals surface area contributed by atoms with E-state index in [4.69, 9.17) is 6.48 Å². The highest BCUT2D eigenvalue weighted by molar-refractivity contribution is 5.80. The lowest BCUT2D eigenvalue weighted by Crippen LogP contribution is -2.28. The van der Waals surface area contributed by atoms with Gasteiger partial charge in [0.2, 0.25) is 5.91 Å². The minimum Gasteiger partial charge on any atom is -0.480 e. The van der Waals surface area contributed by atoms with Crippen molar-refractivity contribution in [3.05, 3.63) is 0 Å². The van der Waals surface area contributed by atoms with Crippen LogP contribution in [0.15, 0.2) is 0 Å². The Balaban J connectivity index is 3.30. The van der Waals surface area contributed by atoms with Gasteiger partial charge in [0.05, 0.1) is 0 Å². The standard InChI is InChI=1S/C5H9NO3/c1-2-4(7)6-3-5(8)9/h2-3H2,1H3,(H,6,7)(H,8,9)/i1D. The molecule has 0 spiro atoms. The van der Waals surface area contributed by atoms with Crippen molar-refractivity contribution in [1.82, 2.24) is 5.32 Å². The molecule has 0 aliphatic rings. The molecule has 0 fully saturated rings. The number of carbonyl (C=O) groups is 2. The Morgan fingerprint density at radius 2 is 2.44 bits per heavy atom. The summed E-state index contributed by atoms with van der Waals surface area (Å²) in [4.78, 5) is 20.3. The molecule has 2 N–H and O–H groups in total. The summed E-state index contributed by atoms with van der Waals surface area (Å²) in [5.74, 6) is -1.46. The summed E-state index contributed by atoms with van der Waals surface area (Å²) in [7, 11) is 0. The molecule has 0 saturated heterocycles. The highest BCUT2D eigenvalue weighted by Crippen LogP contribution is 1.72. The van der Waals surface area contributed by atoms with Gasteiger partial charge in [-0.15, -0.1) is 0 Å². The van der Waals surface area contributed by atoms with E-state index in [-0.39, 0.29) is 19.9 Å². The first kappa shape index (κ1) is 6.07. The summed E-state index contributed by atoms with van der Waals surface area (Å²) in [5, 5.41) is 10.2. The van der Waals surface area contributed by atoms with E-state index >= 15 is 0 Å². The van der Waals surface area contributed by atoms with E-state index < -0.39 is 11.9 Å². The number of aliphatic carboxylic acids is 1. The zero-order valence-electron chi connectivity index (χ0n) is 5.89. The molecule has 4 nitrogen and oxygen atoms in total. The van der Waals surface area contributed by atoms with Crippen LogP contribution in [0.1, 0.15) is 14.7 Å². The lowest BCUT2D eigenvalue weighted by atomic mass is 10.4. The first-order valence-electron chi connectivity index (χ1n) is 3.15. The van der Waals surface area contributed by atoms with Crippen molar-refractivity contribution in [3.8, 4) is 0 Å². The number of amides is 1. The fourth-order valence-corrected chi connectivity index (χ4v) is 0.263. The number of rotatable bonds is 3. The molecule has 0 atom stereocenters. The number of hydrogen-bond acceptors (Lipinski definition) is 2. The van der Waals surface area contributed by atoms with Crippen LogP contribution < -0.4 is 5.32 Å². The van der Waals surface area contributed by atoms with Gasteiger partial charge in [-0.2, -0.15) is 0 Å². The molecule has 4 heteroatoms. The van der Waals surface area contributed by atoms with Crippen molar-refractivity contribution < 1.29 is 16.1 Å². The molecule has 0 rings (SSSR count). The predicted octanol–water partition coefficient (Wildman–Crippen LogP) is -0.403. The van der Waals surface area contributed by atoms with Crippen LogP contribution in [0, 0.1) is 0 Å². The maximum absolute atomic E-state index is 10.5. The fraction of sp³-hybridized carbons (Fsp3) is 0.600. The Morgan fingerprint density at radius 3 is 2.89 bits per heavy atom. The van der Waals surface area contributed by atoms with E-state index in [0.717, 1.165) is 0 Å². The second-order valence-corrected chi connectivity index (χ2v) is 1.42. The zero-order valence-corrected chi connectivity index (χ0v) is 4.89. The van der Waals surface area contributed by atoms with Crippen LogP contribution in [0.3, 0.4) is 0 Å². The van der Waals surface area contributed by atoms with Crippen LogP contribution >= 0.6 is 0 Å². The van der Waals surface area contributed by atoms with Crippen LogP contribution in [0.4, 0.5) is 0 Å². The second-order valence-electron chi connectivity index (χ2n) is 1.42. The first-order chi connectivity index (χ1) is 4.66. The summed E-state index contributed by atoms with van der Waals surface area (Å²) in [6.45, 7) is -0.371. The molecule has 0 aliphatic carbocycles. The number of nitrogens with one attached hydrogen (secondary N) is 1. The average molecular weight is 132 g/mol. The van der Waals surface area contributed by atoms with Gasteiger partial charge in [-0.3, -0.25) is 9.59 Å². The highest BCUT2D eigenvalue weighted by Gasteiger charge is 1.98. The second kappa shape index (κ2) is 3.88. The number of carboxylic acids is 1. The van der Waals surface area contributed by atoms with Gasteiger partial charge in [0, 0.05) is 7.79 Å². The fourth-order valence-electron chi connectivity index (χ4n) is 0.263. The van der Waals surface area contributed by atoms with Crippen molar-refractivity contribution in [2.75, 3.05) is 6.54 Å². The summed E-state index contributed by atoms with van der Waals surface area (Å²) >= 11 is 0. The van der Waals surface area contributed by atoms with Crippen molar-refractivity contribution in [2.24, 2.45) is 0 Å². The lowest BCUT2D eigenvalue weighted by molar-refractivity contribution is -0.137. The topological polar surface area (TPSA) is 66.4 Å². The van der Waals surface area contributed by atoms with Crippen LogP contribution in [0.2, 0.25) is 0 Å². The first-order valence-corrected chi connectivity index (χ1v) is 2.44.